The fourth-order valence-corrected chi connectivity index (χ4v) is 1.88. The van der Waals surface area contributed by atoms with Crippen LogP contribution >= 0.6 is 0 Å². The molecular formula is C11H13N3O5. The molecule has 8 nitrogen and oxygen atoms in total. The second-order valence-corrected chi connectivity index (χ2v) is 4.10. The first-order valence-corrected chi connectivity index (χ1v) is 5.47. The van der Waals surface area contributed by atoms with E-state index in [0.717, 1.165) is 4.57 Å². The molecule has 1 aliphatic heterocycles. The Morgan fingerprint density at radius 3 is 2.74 bits per heavy atom. The predicted molar refractivity (Wildman–Crippen MR) is 63.9 cm³/mol. The average molecular weight is 267 g/mol. The van der Waals surface area contributed by atoms with Crippen LogP contribution in [0.15, 0.2) is 11.0 Å². The molecule has 8 heteroatoms. The van der Waals surface area contributed by atoms with Crippen molar-refractivity contribution in [1.82, 2.24) is 9.55 Å². The largest absolute Gasteiger partial charge is 0.394 e. The zero-order chi connectivity index (χ0) is 14.2. The van der Waals surface area contributed by atoms with Gasteiger partial charge in [-0.2, -0.15) is 4.98 Å². The van der Waals surface area contributed by atoms with Gasteiger partial charge in [0.2, 0.25) is 0 Å². The maximum absolute atomic E-state index is 11.7. The second kappa shape index (κ2) is 4.99. The lowest BCUT2D eigenvalue weighted by Gasteiger charge is -2.17. The van der Waals surface area contributed by atoms with E-state index in [1.165, 1.54) is 6.20 Å². The molecule has 0 saturated carbocycles. The Balaban J connectivity index is 2.44. The molecular weight excluding hydrogens is 254 g/mol. The molecule has 1 aliphatic rings. The number of anilines is 1. The summed E-state index contributed by atoms with van der Waals surface area (Å²) >= 11 is 0. The van der Waals surface area contributed by atoms with Crippen LogP contribution in [0.3, 0.4) is 0 Å². The van der Waals surface area contributed by atoms with Crippen LogP contribution in [0.2, 0.25) is 0 Å². The van der Waals surface area contributed by atoms with Crippen LogP contribution in [0, 0.1) is 12.3 Å². The molecule has 0 radical (unpaired) electrons. The predicted octanol–water partition coefficient (Wildman–Crippen LogP) is -2.58. The zero-order valence-corrected chi connectivity index (χ0v) is 9.80. The Morgan fingerprint density at radius 1 is 1.53 bits per heavy atom. The summed E-state index contributed by atoms with van der Waals surface area (Å²) in [6.45, 7) is -0.492. The highest BCUT2D eigenvalue weighted by Crippen LogP contribution is 2.28. The lowest BCUT2D eigenvalue weighted by molar-refractivity contribution is -0.0549. The molecule has 0 amide bonds. The van der Waals surface area contributed by atoms with Gasteiger partial charge in [0.25, 0.3) is 0 Å². The van der Waals surface area contributed by atoms with E-state index in [4.69, 9.17) is 22.0 Å². The monoisotopic (exact) mass is 267 g/mol. The molecule has 0 spiro atoms. The van der Waals surface area contributed by atoms with Gasteiger partial charge < -0.3 is 25.8 Å². The van der Waals surface area contributed by atoms with Crippen molar-refractivity contribution in [3.05, 3.63) is 22.2 Å². The molecule has 1 saturated heterocycles. The number of nitrogen functional groups attached to an aromatic ring is 1. The SMILES string of the molecule is C#Cc1cn(C2O[C@H](CO)[C@@H](O)[C@@H]2O)c(=O)nc1N. The molecule has 1 fully saturated rings. The van der Waals surface area contributed by atoms with Gasteiger partial charge in [-0.1, -0.05) is 5.92 Å². The van der Waals surface area contributed by atoms with E-state index in [-0.39, 0.29) is 11.4 Å². The van der Waals surface area contributed by atoms with Gasteiger partial charge in [0.1, 0.15) is 24.1 Å². The van der Waals surface area contributed by atoms with Crippen molar-refractivity contribution in [2.75, 3.05) is 12.3 Å². The topological polar surface area (TPSA) is 131 Å². The van der Waals surface area contributed by atoms with Gasteiger partial charge in [0.05, 0.1) is 12.2 Å². The maximum atomic E-state index is 11.7. The minimum atomic E-state index is -1.38. The van der Waals surface area contributed by atoms with Crippen molar-refractivity contribution in [3.8, 4) is 12.3 Å². The van der Waals surface area contributed by atoms with Crippen molar-refractivity contribution in [2.24, 2.45) is 0 Å². The van der Waals surface area contributed by atoms with E-state index in [0.29, 0.717) is 0 Å². The summed E-state index contributed by atoms with van der Waals surface area (Å²) in [5, 5.41) is 28.4. The van der Waals surface area contributed by atoms with Gasteiger partial charge >= 0.3 is 5.69 Å². The molecule has 2 rings (SSSR count). The van der Waals surface area contributed by atoms with E-state index >= 15 is 0 Å². The summed E-state index contributed by atoms with van der Waals surface area (Å²) in [6, 6.07) is 0. The minimum Gasteiger partial charge on any atom is -0.394 e. The number of hydrogen-bond donors (Lipinski definition) is 4. The molecule has 4 atom stereocenters. The molecule has 1 aromatic rings. The molecule has 1 aromatic heterocycles. The summed E-state index contributed by atoms with van der Waals surface area (Å²) in [4.78, 5) is 15.2. The lowest BCUT2D eigenvalue weighted by atomic mass is 10.1. The number of aliphatic hydroxyl groups is 3. The molecule has 0 bridgehead atoms. The zero-order valence-electron chi connectivity index (χ0n) is 9.80. The third kappa shape index (κ3) is 2.20. The highest BCUT2D eigenvalue weighted by Gasteiger charge is 2.43. The standard InChI is InChI=1S/C11H13N3O5/c1-2-5-3-14(11(18)13-9(5)12)10-8(17)7(16)6(4-15)19-10/h1,3,6-8,10,15-17H,4H2,(H2,12,13,18)/t6-,7-,8+,10?/m1/s1. The highest BCUT2D eigenvalue weighted by atomic mass is 16.6. The number of terminal acetylenes is 1. The summed E-state index contributed by atoms with van der Waals surface area (Å²) in [5.74, 6) is 2.14. The van der Waals surface area contributed by atoms with Gasteiger partial charge in [-0.3, -0.25) is 4.57 Å². The van der Waals surface area contributed by atoms with Crippen LogP contribution in [0.5, 0.6) is 0 Å². The van der Waals surface area contributed by atoms with Crippen LogP contribution in [-0.4, -0.2) is 49.8 Å². The van der Waals surface area contributed by atoms with Crippen LogP contribution in [0.1, 0.15) is 11.8 Å². The summed E-state index contributed by atoms with van der Waals surface area (Å²) < 4.78 is 6.14. The van der Waals surface area contributed by atoms with E-state index in [9.17, 15) is 15.0 Å². The number of aromatic nitrogens is 2. The smallest absolute Gasteiger partial charge is 0.351 e. The van der Waals surface area contributed by atoms with Gasteiger partial charge in [-0.05, 0) is 0 Å². The number of ether oxygens (including phenoxy) is 1. The third-order valence-corrected chi connectivity index (χ3v) is 2.93. The fourth-order valence-electron chi connectivity index (χ4n) is 1.88. The van der Waals surface area contributed by atoms with Gasteiger partial charge in [0.15, 0.2) is 6.23 Å². The molecule has 1 unspecified atom stereocenters. The number of nitrogens with zero attached hydrogens (tertiary/aromatic N) is 2. The van der Waals surface area contributed by atoms with E-state index in [2.05, 4.69) is 10.9 Å². The fraction of sp³-hybridized carbons (Fsp3) is 0.455. The lowest BCUT2D eigenvalue weighted by Crippen LogP contribution is -2.36. The van der Waals surface area contributed by atoms with Crippen LogP contribution in [0.25, 0.3) is 0 Å². The first kappa shape index (κ1) is 13.5. The Kier molecular flexibility index (Phi) is 3.55. The normalized spacial score (nSPS) is 30.2. The minimum absolute atomic E-state index is 0.101. The molecule has 19 heavy (non-hydrogen) atoms. The maximum Gasteiger partial charge on any atom is 0.351 e. The van der Waals surface area contributed by atoms with Crippen molar-refractivity contribution < 1.29 is 20.1 Å². The Labute approximate surface area is 108 Å². The average Bonchev–Trinajstić information content (AvgIpc) is 2.67. The van der Waals surface area contributed by atoms with Gasteiger partial charge in [-0.25, -0.2) is 4.79 Å². The summed E-state index contributed by atoms with van der Waals surface area (Å²) in [5.41, 5.74) is 4.85. The van der Waals surface area contributed by atoms with Crippen LogP contribution < -0.4 is 11.4 Å². The van der Waals surface area contributed by atoms with E-state index in [1.54, 1.807) is 0 Å². The van der Waals surface area contributed by atoms with Crippen LogP contribution in [0.4, 0.5) is 5.82 Å². The number of nitrogens with two attached hydrogens (primary N) is 1. The van der Waals surface area contributed by atoms with Crippen molar-refractivity contribution >= 4 is 5.82 Å². The Bertz CT molecular complexity index is 579. The number of hydrogen-bond acceptors (Lipinski definition) is 7. The van der Waals surface area contributed by atoms with E-state index in [1.807, 2.05) is 0 Å². The summed E-state index contributed by atoms with van der Waals surface area (Å²) in [7, 11) is 0. The quantitative estimate of drug-likeness (QED) is 0.433. The molecule has 2 heterocycles. The van der Waals surface area contributed by atoms with Crippen molar-refractivity contribution in [2.45, 2.75) is 24.5 Å². The Hall–Kier alpha value is -1.92. The molecule has 0 aromatic carbocycles. The van der Waals surface area contributed by atoms with Crippen molar-refractivity contribution in [1.29, 1.82) is 0 Å². The highest BCUT2D eigenvalue weighted by molar-refractivity contribution is 5.47. The molecule has 5 N–H and O–H groups in total. The van der Waals surface area contributed by atoms with E-state index < -0.39 is 36.8 Å². The molecule has 0 aliphatic carbocycles. The number of aliphatic hydroxyl groups excluding tert-OH is 3. The first-order valence-electron chi connectivity index (χ1n) is 5.47. The van der Waals surface area contributed by atoms with Gasteiger partial charge in [-0.15, -0.1) is 6.42 Å². The van der Waals surface area contributed by atoms with Crippen molar-refractivity contribution in [3.63, 3.8) is 0 Å². The first-order chi connectivity index (χ1) is 8.99. The van der Waals surface area contributed by atoms with Gasteiger partial charge in [0, 0.05) is 6.20 Å². The third-order valence-electron chi connectivity index (χ3n) is 2.93. The Morgan fingerprint density at radius 2 is 2.21 bits per heavy atom. The summed E-state index contributed by atoms with van der Waals surface area (Å²) in [6.07, 6.45) is 1.56. The number of rotatable bonds is 2. The molecule has 102 valence electrons. The van der Waals surface area contributed by atoms with Crippen LogP contribution in [-0.2, 0) is 4.74 Å². The second-order valence-electron chi connectivity index (χ2n) is 4.10.